The van der Waals surface area contributed by atoms with Gasteiger partial charge in [0.25, 0.3) is 0 Å². The van der Waals surface area contributed by atoms with Gasteiger partial charge in [0, 0.05) is 18.4 Å². The molecule has 1 rings (SSSR count). The van der Waals surface area contributed by atoms with Crippen molar-refractivity contribution in [2.24, 2.45) is 0 Å². The third-order valence-corrected chi connectivity index (χ3v) is 3.06. The first-order valence-electron chi connectivity index (χ1n) is 4.14. The Kier molecular flexibility index (Phi) is 3.07. The summed E-state index contributed by atoms with van der Waals surface area (Å²) < 4.78 is 25.6. The summed E-state index contributed by atoms with van der Waals surface area (Å²) in [7, 11) is -3.47. The second-order valence-electron chi connectivity index (χ2n) is 3.23. The van der Waals surface area contributed by atoms with Crippen molar-refractivity contribution >= 4 is 15.7 Å². The second kappa shape index (κ2) is 3.93. The maximum Gasteiger partial charge on any atom is 0.242 e. The molecule has 14 heavy (non-hydrogen) atoms. The van der Waals surface area contributed by atoms with Gasteiger partial charge in [-0.15, -0.1) is 0 Å². The highest BCUT2D eigenvalue weighted by atomic mass is 32.2. The molecule has 3 N–H and O–H groups in total. The zero-order valence-electron chi connectivity index (χ0n) is 8.06. The van der Waals surface area contributed by atoms with Gasteiger partial charge in [-0.05, 0) is 19.9 Å². The normalized spacial score (nSPS) is 11.9. The highest BCUT2D eigenvalue weighted by Crippen LogP contribution is 2.10. The molecule has 0 spiro atoms. The van der Waals surface area contributed by atoms with Gasteiger partial charge in [-0.3, -0.25) is 4.98 Å². The zero-order chi connectivity index (χ0) is 10.8. The lowest BCUT2D eigenvalue weighted by molar-refractivity contribution is 0.569. The minimum absolute atomic E-state index is 0.0891. The number of aromatic nitrogens is 1. The van der Waals surface area contributed by atoms with Gasteiger partial charge in [0.15, 0.2) is 0 Å². The molecule has 0 aliphatic rings. The number of nitrogens with one attached hydrogen (secondary N) is 1. The molecule has 1 aromatic heterocycles. The summed E-state index contributed by atoms with van der Waals surface area (Å²) in [6, 6.07) is 1.22. The maximum atomic E-state index is 11.6. The van der Waals surface area contributed by atoms with E-state index >= 15 is 0 Å². The molecule has 0 saturated carbocycles. The van der Waals surface area contributed by atoms with Gasteiger partial charge in [-0.1, -0.05) is 0 Å². The molecule has 0 atom stereocenters. The quantitative estimate of drug-likeness (QED) is 0.762. The van der Waals surface area contributed by atoms with Crippen molar-refractivity contribution < 1.29 is 8.42 Å². The number of hydrogen-bond donors (Lipinski definition) is 2. The second-order valence-corrected chi connectivity index (χ2v) is 4.94. The van der Waals surface area contributed by atoms with Crippen molar-refractivity contribution in [2.75, 3.05) is 5.73 Å². The van der Waals surface area contributed by atoms with Crippen LogP contribution in [0.15, 0.2) is 23.4 Å². The van der Waals surface area contributed by atoms with E-state index in [2.05, 4.69) is 9.71 Å². The van der Waals surface area contributed by atoms with Crippen LogP contribution in [-0.2, 0) is 10.0 Å². The van der Waals surface area contributed by atoms with Crippen LogP contribution in [0.2, 0.25) is 0 Å². The van der Waals surface area contributed by atoms with Crippen LogP contribution < -0.4 is 10.5 Å². The van der Waals surface area contributed by atoms with E-state index in [1.165, 1.54) is 18.5 Å². The molecule has 0 aromatic carbocycles. The molecule has 0 radical (unpaired) electrons. The average Bonchev–Trinajstić information content (AvgIpc) is 2.01. The molecule has 0 bridgehead atoms. The predicted molar refractivity (Wildman–Crippen MR) is 54.1 cm³/mol. The van der Waals surface area contributed by atoms with E-state index < -0.39 is 10.0 Å². The topological polar surface area (TPSA) is 85.1 Å². The largest absolute Gasteiger partial charge is 0.397 e. The van der Waals surface area contributed by atoms with Gasteiger partial charge in [0.05, 0.1) is 5.69 Å². The Bertz CT molecular complexity index is 414. The first-order valence-corrected chi connectivity index (χ1v) is 5.63. The molecule has 1 heterocycles. The fourth-order valence-corrected chi connectivity index (χ4v) is 2.21. The molecule has 0 saturated heterocycles. The highest BCUT2D eigenvalue weighted by molar-refractivity contribution is 7.89. The summed E-state index contributed by atoms with van der Waals surface area (Å²) in [5.74, 6) is 0. The van der Waals surface area contributed by atoms with Crippen molar-refractivity contribution in [1.82, 2.24) is 9.71 Å². The Morgan fingerprint density at radius 1 is 1.43 bits per heavy atom. The molecule has 78 valence electrons. The molecule has 0 amide bonds. The minimum atomic E-state index is -3.47. The molecule has 6 heteroatoms. The smallest absolute Gasteiger partial charge is 0.242 e. The van der Waals surface area contributed by atoms with Gasteiger partial charge in [-0.25, -0.2) is 13.1 Å². The molecular weight excluding hydrogens is 202 g/mol. The maximum absolute atomic E-state index is 11.6. The van der Waals surface area contributed by atoms with Crippen molar-refractivity contribution in [3.63, 3.8) is 0 Å². The van der Waals surface area contributed by atoms with Gasteiger partial charge in [-0.2, -0.15) is 0 Å². The van der Waals surface area contributed by atoms with E-state index in [9.17, 15) is 8.42 Å². The SMILES string of the molecule is CC(C)NS(=O)(=O)c1cncc(N)c1. The van der Waals surface area contributed by atoms with Crippen LogP contribution in [0.4, 0.5) is 5.69 Å². The van der Waals surface area contributed by atoms with Gasteiger partial charge < -0.3 is 5.73 Å². The number of hydrogen-bond acceptors (Lipinski definition) is 4. The van der Waals surface area contributed by atoms with Crippen LogP contribution in [0.1, 0.15) is 13.8 Å². The summed E-state index contributed by atoms with van der Waals surface area (Å²) in [6.45, 7) is 3.49. The lowest BCUT2D eigenvalue weighted by atomic mass is 10.4. The molecule has 0 fully saturated rings. The number of sulfonamides is 1. The minimum Gasteiger partial charge on any atom is -0.397 e. The number of nitrogen functional groups attached to an aromatic ring is 1. The van der Waals surface area contributed by atoms with Gasteiger partial charge >= 0.3 is 0 Å². The zero-order valence-corrected chi connectivity index (χ0v) is 8.88. The fourth-order valence-electron chi connectivity index (χ4n) is 0.961. The third-order valence-electron chi connectivity index (χ3n) is 1.44. The van der Waals surface area contributed by atoms with Gasteiger partial charge in [0.1, 0.15) is 4.90 Å². The summed E-state index contributed by atoms with van der Waals surface area (Å²) in [5, 5.41) is 0. The standard InChI is InChI=1S/C8H13N3O2S/c1-6(2)11-14(12,13)8-3-7(9)4-10-5-8/h3-6,11H,9H2,1-2H3. The Morgan fingerprint density at radius 2 is 2.07 bits per heavy atom. The Labute approximate surface area is 83.4 Å². The van der Waals surface area contributed by atoms with Crippen molar-refractivity contribution in [1.29, 1.82) is 0 Å². The van der Waals surface area contributed by atoms with E-state index in [0.29, 0.717) is 5.69 Å². The van der Waals surface area contributed by atoms with Crippen LogP contribution in [0.25, 0.3) is 0 Å². The van der Waals surface area contributed by atoms with Crippen molar-refractivity contribution in [3.8, 4) is 0 Å². The highest BCUT2D eigenvalue weighted by Gasteiger charge is 2.15. The van der Waals surface area contributed by atoms with E-state index in [4.69, 9.17) is 5.73 Å². The van der Waals surface area contributed by atoms with Crippen LogP contribution in [-0.4, -0.2) is 19.4 Å². The van der Waals surface area contributed by atoms with Crippen LogP contribution in [0.5, 0.6) is 0 Å². The van der Waals surface area contributed by atoms with Crippen molar-refractivity contribution in [2.45, 2.75) is 24.8 Å². The lowest BCUT2D eigenvalue weighted by Crippen LogP contribution is -2.30. The van der Waals surface area contributed by atoms with Crippen LogP contribution in [0.3, 0.4) is 0 Å². The predicted octanol–water partition coefficient (Wildman–Crippen LogP) is 0.350. The fraction of sp³-hybridized carbons (Fsp3) is 0.375. The van der Waals surface area contributed by atoms with Crippen molar-refractivity contribution in [3.05, 3.63) is 18.5 Å². The molecule has 1 aromatic rings. The number of anilines is 1. The van der Waals surface area contributed by atoms with E-state index in [-0.39, 0.29) is 10.9 Å². The van der Waals surface area contributed by atoms with Crippen LogP contribution >= 0.6 is 0 Å². The first kappa shape index (κ1) is 10.9. The number of rotatable bonds is 3. The first-order chi connectivity index (χ1) is 6.42. The Hall–Kier alpha value is -1.14. The van der Waals surface area contributed by atoms with Crippen LogP contribution in [0, 0.1) is 0 Å². The molecule has 5 nitrogen and oxygen atoms in total. The lowest BCUT2D eigenvalue weighted by Gasteiger charge is -2.09. The summed E-state index contributed by atoms with van der Waals surface area (Å²) in [4.78, 5) is 3.80. The Morgan fingerprint density at radius 3 is 2.57 bits per heavy atom. The van der Waals surface area contributed by atoms with Gasteiger partial charge in [0.2, 0.25) is 10.0 Å². The third kappa shape index (κ3) is 2.68. The molecular formula is C8H13N3O2S. The Balaban J connectivity index is 3.05. The molecule has 0 aliphatic heterocycles. The summed E-state index contributed by atoms with van der Waals surface area (Å²) in [6.07, 6.45) is 2.66. The number of pyridine rings is 1. The molecule has 0 aliphatic carbocycles. The monoisotopic (exact) mass is 215 g/mol. The van der Waals surface area contributed by atoms with E-state index in [1.54, 1.807) is 13.8 Å². The number of nitrogens with two attached hydrogens (primary N) is 1. The van der Waals surface area contributed by atoms with E-state index in [0.717, 1.165) is 0 Å². The number of nitrogens with zero attached hydrogens (tertiary/aromatic N) is 1. The summed E-state index contributed by atoms with van der Waals surface area (Å²) in [5.41, 5.74) is 5.76. The average molecular weight is 215 g/mol. The molecule has 0 unspecified atom stereocenters. The van der Waals surface area contributed by atoms with E-state index in [1.807, 2.05) is 0 Å². The summed E-state index contributed by atoms with van der Waals surface area (Å²) >= 11 is 0.